The van der Waals surface area contributed by atoms with Crippen LogP contribution >= 0.6 is 0 Å². The van der Waals surface area contributed by atoms with Gasteiger partial charge in [-0.25, -0.2) is 13.1 Å². The van der Waals surface area contributed by atoms with E-state index in [1.54, 1.807) is 55.5 Å². The SMILES string of the molecule is CC(C(=O)NS(=O)(=O)c1cccnc1)c1cccc(C(=O)c2ccccc2)c1. The second-order valence-corrected chi connectivity index (χ2v) is 7.88. The zero-order valence-corrected chi connectivity index (χ0v) is 15.9. The lowest BCUT2D eigenvalue weighted by atomic mass is 9.95. The van der Waals surface area contributed by atoms with Gasteiger partial charge >= 0.3 is 0 Å². The number of benzene rings is 2. The maximum atomic E-state index is 12.6. The molecule has 3 rings (SSSR count). The van der Waals surface area contributed by atoms with Gasteiger partial charge in [-0.05, 0) is 30.7 Å². The van der Waals surface area contributed by atoms with Crippen molar-refractivity contribution in [2.24, 2.45) is 0 Å². The largest absolute Gasteiger partial charge is 0.289 e. The number of hydrogen-bond donors (Lipinski definition) is 1. The van der Waals surface area contributed by atoms with E-state index in [1.165, 1.54) is 24.5 Å². The molecule has 28 heavy (non-hydrogen) atoms. The minimum absolute atomic E-state index is 0.0939. The van der Waals surface area contributed by atoms with Crippen LogP contribution in [-0.4, -0.2) is 25.1 Å². The lowest BCUT2D eigenvalue weighted by molar-refractivity contribution is -0.120. The molecule has 1 N–H and O–H groups in total. The summed E-state index contributed by atoms with van der Waals surface area (Å²) in [5.74, 6) is -1.62. The van der Waals surface area contributed by atoms with Crippen molar-refractivity contribution in [1.29, 1.82) is 0 Å². The summed E-state index contributed by atoms with van der Waals surface area (Å²) in [5.41, 5.74) is 1.51. The Bertz CT molecular complexity index is 1100. The molecule has 2 aromatic carbocycles. The molecule has 7 heteroatoms. The molecular weight excluding hydrogens is 376 g/mol. The second-order valence-electron chi connectivity index (χ2n) is 6.20. The van der Waals surface area contributed by atoms with Crippen LogP contribution in [0.2, 0.25) is 0 Å². The number of carbonyl (C=O) groups is 2. The normalized spacial score (nSPS) is 12.2. The van der Waals surface area contributed by atoms with Crippen molar-refractivity contribution in [1.82, 2.24) is 9.71 Å². The molecule has 0 aliphatic heterocycles. The Morgan fingerprint density at radius 1 is 0.929 bits per heavy atom. The van der Waals surface area contributed by atoms with Crippen LogP contribution in [-0.2, 0) is 14.8 Å². The Kier molecular flexibility index (Phi) is 5.65. The maximum Gasteiger partial charge on any atom is 0.265 e. The molecule has 0 fully saturated rings. The van der Waals surface area contributed by atoms with Crippen molar-refractivity contribution in [3.63, 3.8) is 0 Å². The summed E-state index contributed by atoms with van der Waals surface area (Å²) in [5, 5.41) is 0. The van der Waals surface area contributed by atoms with Gasteiger partial charge in [-0.1, -0.05) is 48.5 Å². The summed E-state index contributed by atoms with van der Waals surface area (Å²) in [4.78, 5) is 28.7. The van der Waals surface area contributed by atoms with Crippen molar-refractivity contribution in [3.05, 3.63) is 95.8 Å². The first-order valence-corrected chi connectivity index (χ1v) is 10.0. The van der Waals surface area contributed by atoms with Crippen LogP contribution < -0.4 is 4.72 Å². The molecule has 6 nitrogen and oxygen atoms in total. The molecule has 0 spiro atoms. The van der Waals surface area contributed by atoms with E-state index in [-0.39, 0.29) is 10.7 Å². The highest BCUT2D eigenvalue weighted by Gasteiger charge is 2.23. The number of nitrogens with zero attached hydrogens (tertiary/aromatic N) is 1. The number of hydrogen-bond acceptors (Lipinski definition) is 5. The molecule has 1 aromatic heterocycles. The molecule has 0 saturated heterocycles. The summed E-state index contributed by atoms with van der Waals surface area (Å²) < 4.78 is 26.7. The van der Waals surface area contributed by atoms with E-state index < -0.39 is 21.8 Å². The molecule has 0 saturated carbocycles. The standard InChI is InChI=1S/C21H18N2O4S/c1-15(21(25)23-28(26,27)19-11-6-12-22-14-19)17-9-5-10-18(13-17)20(24)16-7-3-2-4-8-16/h2-15H,1H3,(H,23,25). The first-order chi connectivity index (χ1) is 13.4. The molecule has 0 aliphatic carbocycles. The average molecular weight is 394 g/mol. The fourth-order valence-electron chi connectivity index (χ4n) is 2.64. The number of aromatic nitrogens is 1. The summed E-state index contributed by atoms with van der Waals surface area (Å²) in [7, 11) is -4.01. The number of sulfonamides is 1. The Morgan fingerprint density at radius 3 is 2.32 bits per heavy atom. The Labute approximate surface area is 163 Å². The number of amides is 1. The van der Waals surface area contributed by atoms with E-state index in [4.69, 9.17) is 0 Å². The summed E-state index contributed by atoms with van der Waals surface area (Å²) in [6.45, 7) is 1.58. The molecule has 1 atom stereocenters. The Hall–Kier alpha value is -3.32. The van der Waals surface area contributed by atoms with Crippen LogP contribution in [0.5, 0.6) is 0 Å². The third kappa shape index (κ3) is 4.32. The van der Waals surface area contributed by atoms with E-state index in [2.05, 4.69) is 9.71 Å². The van der Waals surface area contributed by atoms with E-state index in [9.17, 15) is 18.0 Å². The molecule has 3 aromatic rings. The minimum atomic E-state index is -4.01. The van der Waals surface area contributed by atoms with Gasteiger partial charge in [0.15, 0.2) is 5.78 Å². The average Bonchev–Trinajstić information content (AvgIpc) is 2.73. The smallest absolute Gasteiger partial charge is 0.265 e. The van der Waals surface area contributed by atoms with Gasteiger partial charge in [0.2, 0.25) is 5.91 Å². The lowest BCUT2D eigenvalue weighted by Gasteiger charge is -2.14. The van der Waals surface area contributed by atoms with E-state index in [0.717, 1.165) is 0 Å². The summed E-state index contributed by atoms with van der Waals surface area (Å²) in [6.07, 6.45) is 2.61. The second kappa shape index (κ2) is 8.14. The van der Waals surface area contributed by atoms with Crippen LogP contribution in [0.4, 0.5) is 0 Å². The van der Waals surface area contributed by atoms with Gasteiger partial charge < -0.3 is 0 Å². The van der Waals surface area contributed by atoms with Crippen LogP contribution in [0.25, 0.3) is 0 Å². The molecule has 1 amide bonds. The molecular formula is C21H18N2O4S. The van der Waals surface area contributed by atoms with Gasteiger partial charge in [-0.15, -0.1) is 0 Å². The predicted molar refractivity (Wildman–Crippen MR) is 104 cm³/mol. The number of ketones is 1. The van der Waals surface area contributed by atoms with E-state index in [1.807, 2.05) is 6.07 Å². The lowest BCUT2D eigenvalue weighted by Crippen LogP contribution is -2.33. The molecule has 0 radical (unpaired) electrons. The number of pyridine rings is 1. The Balaban J connectivity index is 1.80. The summed E-state index contributed by atoms with van der Waals surface area (Å²) in [6, 6.07) is 18.2. The highest BCUT2D eigenvalue weighted by molar-refractivity contribution is 7.90. The first-order valence-electron chi connectivity index (χ1n) is 8.55. The minimum Gasteiger partial charge on any atom is -0.289 e. The van der Waals surface area contributed by atoms with Gasteiger partial charge in [0.05, 0.1) is 5.92 Å². The van der Waals surface area contributed by atoms with Gasteiger partial charge in [0.1, 0.15) is 4.90 Å². The van der Waals surface area contributed by atoms with Crippen LogP contribution in [0, 0.1) is 0 Å². The maximum absolute atomic E-state index is 12.6. The van der Waals surface area contributed by atoms with Crippen LogP contribution in [0.1, 0.15) is 34.3 Å². The molecule has 0 bridgehead atoms. The van der Waals surface area contributed by atoms with E-state index in [0.29, 0.717) is 16.7 Å². The monoisotopic (exact) mass is 394 g/mol. The number of nitrogens with one attached hydrogen (secondary N) is 1. The highest BCUT2D eigenvalue weighted by atomic mass is 32.2. The quantitative estimate of drug-likeness (QED) is 0.649. The third-order valence-corrected chi connectivity index (χ3v) is 5.59. The zero-order valence-electron chi connectivity index (χ0n) is 15.1. The van der Waals surface area contributed by atoms with Crippen LogP contribution in [0.3, 0.4) is 0 Å². The predicted octanol–water partition coefficient (Wildman–Crippen LogP) is 2.92. The van der Waals surface area contributed by atoms with Crippen LogP contribution in [0.15, 0.2) is 84.0 Å². The molecule has 1 unspecified atom stereocenters. The fourth-order valence-corrected chi connectivity index (χ4v) is 3.66. The van der Waals surface area contributed by atoms with E-state index >= 15 is 0 Å². The molecule has 1 heterocycles. The van der Waals surface area contributed by atoms with Crippen molar-refractivity contribution >= 4 is 21.7 Å². The highest BCUT2D eigenvalue weighted by Crippen LogP contribution is 2.20. The zero-order chi connectivity index (χ0) is 20.1. The molecule has 142 valence electrons. The van der Waals surface area contributed by atoms with Crippen molar-refractivity contribution in [3.8, 4) is 0 Å². The first kappa shape index (κ1) is 19.4. The van der Waals surface area contributed by atoms with Gasteiger partial charge in [-0.2, -0.15) is 0 Å². The van der Waals surface area contributed by atoms with Gasteiger partial charge in [0, 0.05) is 23.5 Å². The fraction of sp³-hybridized carbons (Fsp3) is 0.0952. The van der Waals surface area contributed by atoms with Crippen molar-refractivity contribution < 1.29 is 18.0 Å². The Morgan fingerprint density at radius 2 is 1.64 bits per heavy atom. The number of rotatable bonds is 6. The van der Waals surface area contributed by atoms with Gasteiger partial charge in [0.25, 0.3) is 10.0 Å². The third-order valence-electron chi connectivity index (χ3n) is 4.26. The topological polar surface area (TPSA) is 93.2 Å². The summed E-state index contributed by atoms with van der Waals surface area (Å²) >= 11 is 0. The van der Waals surface area contributed by atoms with Crippen molar-refractivity contribution in [2.45, 2.75) is 17.7 Å². The molecule has 0 aliphatic rings. The number of carbonyl (C=O) groups excluding carboxylic acids is 2. The van der Waals surface area contributed by atoms with Crippen molar-refractivity contribution in [2.75, 3.05) is 0 Å². The van der Waals surface area contributed by atoms with Gasteiger partial charge in [-0.3, -0.25) is 14.6 Å².